The topological polar surface area (TPSA) is 33.7 Å². The van der Waals surface area contributed by atoms with Crippen LogP contribution >= 0.6 is 11.8 Å². The maximum Gasteiger partial charge on any atom is 0.0826 e. The summed E-state index contributed by atoms with van der Waals surface area (Å²) in [4.78, 5) is 2.45. The summed E-state index contributed by atoms with van der Waals surface area (Å²) in [5.41, 5.74) is 0. The van der Waals surface area contributed by atoms with Crippen LogP contribution in [-0.4, -0.2) is 75.6 Å². The van der Waals surface area contributed by atoms with Gasteiger partial charge in [-0.1, -0.05) is 6.92 Å². The lowest BCUT2D eigenvalue weighted by Crippen LogP contribution is -2.47. The van der Waals surface area contributed by atoms with E-state index in [-0.39, 0.29) is 0 Å². The molecule has 0 aromatic carbocycles. The third-order valence-electron chi connectivity index (χ3n) is 3.21. The number of thioether (sulfide) groups is 1. The Labute approximate surface area is 122 Å². The number of nitrogens with one attached hydrogen (secondary N) is 1. The predicted molar refractivity (Wildman–Crippen MR) is 83.2 cm³/mol. The largest absolute Gasteiger partial charge is 0.380 e. The van der Waals surface area contributed by atoms with Crippen molar-refractivity contribution >= 4 is 11.8 Å². The zero-order chi connectivity index (χ0) is 13.8. The Hall–Kier alpha value is 0.190. The van der Waals surface area contributed by atoms with Crippen LogP contribution in [0.3, 0.4) is 0 Å². The third kappa shape index (κ3) is 8.87. The highest BCUT2D eigenvalue weighted by Crippen LogP contribution is 2.04. The van der Waals surface area contributed by atoms with Crippen molar-refractivity contribution in [1.82, 2.24) is 10.2 Å². The van der Waals surface area contributed by atoms with Gasteiger partial charge in [0.15, 0.2) is 0 Å². The third-order valence-corrected chi connectivity index (χ3v) is 3.91. The van der Waals surface area contributed by atoms with Gasteiger partial charge in [-0.3, -0.25) is 4.90 Å². The Morgan fingerprint density at radius 1 is 1.42 bits per heavy atom. The standard InChI is InChI=1S/C14H30N2O2S/c1-3-5-15-12-14-13-16(7-10-18-14)6-9-17-8-4-11-19-2/h14-15H,3-13H2,1-2H3/t14-/m1/s1. The summed E-state index contributed by atoms with van der Waals surface area (Å²) >= 11 is 1.88. The van der Waals surface area contributed by atoms with Gasteiger partial charge in [-0.25, -0.2) is 0 Å². The Bertz CT molecular complexity index is 208. The zero-order valence-electron chi connectivity index (χ0n) is 12.5. The van der Waals surface area contributed by atoms with Crippen LogP contribution in [0, 0.1) is 0 Å². The molecule has 0 unspecified atom stereocenters. The van der Waals surface area contributed by atoms with Gasteiger partial charge in [0.1, 0.15) is 0 Å². The van der Waals surface area contributed by atoms with Crippen molar-refractivity contribution in [2.45, 2.75) is 25.9 Å². The van der Waals surface area contributed by atoms with Gasteiger partial charge < -0.3 is 14.8 Å². The smallest absolute Gasteiger partial charge is 0.0826 e. The number of morpholine rings is 1. The van der Waals surface area contributed by atoms with Gasteiger partial charge in [-0.05, 0) is 31.4 Å². The maximum absolute atomic E-state index is 5.77. The first-order valence-electron chi connectivity index (χ1n) is 7.48. The molecule has 0 radical (unpaired) electrons. The lowest BCUT2D eigenvalue weighted by atomic mass is 10.2. The lowest BCUT2D eigenvalue weighted by Gasteiger charge is -2.33. The normalized spacial score (nSPS) is 20.8. The van der Waals surface area contributed by atoms with E-state index in [1.807, 2.05) is 11.8 Å². The van der Waals surface area contributed by atoms with Gasteiger partial charge in [0.05, 0.1) is 19.3 Å². The molecule has 19 heavy (non-hydrogen) atoms. The Kier molecular flexibility index (Phi) is 10.9. The van der Waals surface area contributed by atoms with E-state index in [9.17, 15) is 0 Å². The molecule has 1 aliphatic heterocycles. The van der Waals surface area contributed by atoms with E-state index in [2.05, 4.69) is 23.4 Å². The fourth-order valence-corrected chi connectivity index (χ4v) is 2.55. The molecule has 1 atom stereocenters. The zero-order valence-corrected chi connectivity index (χ0v) is 13.3. The molecule has 1 N–H and O–H groups in total. The van der Waals surface area contributed by atoms with Gasteiger partial charge in [-0.2, -0.15) is 11.8 Å². The number of rotatable bonds is 11. The molecule has 0 aromatic heterocycles. The second-order valence-corrected chi connectivity index (χ2v) is 5.94. The van der Waals surface area contributed by atoms with Gasteiger partial charge in [0, 0.05) is 32.8 Å². The Morgan fingerprint density at radius 3 is 3.11 bits per heavy atom. The number of ether oxygens (including phenoxy) is 2. The molecule has 5 heteroatoms. The molecule has 1 heterocycles. The molecule has 0 aliphatic carbocycles. The molecule has 114 valence electrons. The lowest BCUT2D eigenvalue weighted by molar-refractivity contribution is -0.0347. The van der Waals surface area contributed by atoms with E-state index in [0.717, 1.165) is 59.0 Å². The number of hydrogen-bond acceptors (Lipinski definition) is 5. The Morgan fingerprint density at radius 2 is 2.32 bits per heavy atom. The van der Waals surface area contributed by atoms with E-state index < -0.39 is 0 Å². The van der Waals surface area contributed by atoms with Crippen molar-refractivity contribution in [3.63, 3.8) is 0 Å². The molecule has 4 nitrogen and oxygen atoms in total. The second-order valence-electron chi connectivity index (χ2n) is 4.96. The van der Waals surface area contributed by atoms with Crippen LogP contribution in [0.4, 0.5) is 0 Å². The van der Waals surface area contributed by atoms with E-state index in [1.54, 1.807) is 0 Å². The second kappa shape index (κ2) is 12.0. The molecule has 1 rings (SSSR count). The van der Waals surface area contributed by atoms with E-state index in [1.165, 1.54) is 12.2 Å². The summed E-state index contributed by atoms with van der Waals surface area (Å²) in [6.45, 7) is 9.95. The molecule has 0 spiro atoms. The Balaban J connectivity index is 2.00. The van der Waals surface area contributed by atoms with Crippen LogP contribution in [0.25, 0.3) is 0 Å². The van der Waals surface area contributed by atoms with Crippen LogP contribution in [-0.2, 0) is 9.47 Å². The molecule has 1 fully saturated rings. The number of nitrogens with zero attached hydrogens (tertiary/aromatic N) is 1. The first-order valence-corrected chi connectivity index (χ1v) is 8.87. The van der Waals surface area contributed by atoms with E-state index >= 15 is 0 Å². The minimum absolute atomic E-state index is 0.344. The van der Waals surface area contributed by atoms with Crippen LogP contribution in [0.15, 0.2) is 0 Å². The van der Waals surface area contributed by atoms with E-state index in [0.29, 0.717) is 6.10 Å². The summed E-state index contributed by atoms with van der Waals surface area (Å²) in [5, 5.41) is 3.43. The summed E-state index contributed by atoms with van der Waals surface area (Å²) in [6, 6.07) is 0. The fourth-order valence-electron chi connectivity index (χ4n) is 2.15. The van der Waals surface area contributed by atoms with Gasteiger partial charge in [-0.15, -0.1) is 0 Å². The van der Waals surface area contributed by atoms with Gasteiger partial charge >= 0.3 is 0 Å². The number of hydrogen-bond donors (Lipinski definition) is 1. The fraction of sp³-hybridized carbons (Fsp3) is 1.00. The van der Waals surface area contributed by atoms with Crippen LogP contribution in [0.2, 0.25) is 0 Å². The van der Waals surface area contributed by atoms with Gasteiger partial charge in [0.2, 0.25) is 0 Å². The van der Waals surface area contributed by atoms with Crippen molar-refractivity contribution in [3.8, 4) is 0 Å². The van der Waals surface area contributed by atoms with Crippen molar-refractivity contribution < 1.29 is 9.47 Å². The van der Waals surface area contributed by atoms with Crippen LogP contribution < -0.4 is 5.32 Å². The molecule has 1 saturated heterocycles. The molecule has 1 aliphatic rings. The molecule has 0 amide bonds. The first-order chi connectivity index (χ1) is 9.36. The van der Waals surface area contributed by atoms with E-state index in [4.69, 9.17) is 9.47 Å². The van der Waals surface area contributed by atoms with Crippen molar-refractivity contribution in [2.24, 2.45) is 0 Å². The summed E-state index contributed by atoms with van der Waals surface area (Å²) in [5.74, 6) is 1.20. The quantitative estimate of drug-likeness (QED) is 0.583. The molecular formula is C14H30N2O2S. The van der Waals surface area contributed by atoms with Crippen molar-refractivity contribution in [1.29, 1.82) is 0 Å². The highest BCUT2D eigenvalue weighted by Gasteiger charge is 2.19. The predicted octanol–water partition coefficient (Wildman–Crippen LogP) is 1.46. The SMILES string of the molecule is CCCNC[C@@H]1CN(CCOCCCSC)CCO1. The first kappa shape index (κ1) is 17.2. The average Bonchev–Trinajstić information content (AvgIpc) is 2.43. The highest BCUT2D eigenvalue weighted by atomic mass is 32.2. The highest BCUT2D eigenvalue weighted by molar-refractivity contribution is 7.98. The minimum atomic E-state index is 0.344. The van der Waals surface area contributed by atoms with Crippen molar-refractivity contribution in [2.75, 3.05) is 64.6 Å². The summed E-state index contributed by atoms with van der Waals surface area (Å²) in [7, 11) is 0. The van der Waals surface area contributed by atoms with Crippen LogP contribution in [0.1, 0.15) is 19.8 Å². The molecule has 0 saturated carbocycles. The molecular weight excluding hydrogens is 260 g/mol. The van der Waals surface area contributed by atoms with Crippen LogP contribution in [0.5, 0.6) is 0 Å². The van der Waals surface area contributed by atoms with Crippen molar-refractivity contribution in [3.05, 3.63) is 0 Å². The average molecular weight is 290 g/mol. The molecule has 0 bridgehead atoms. The summed E-state index contributed by atoms with van der Waals surface area (Å²) in [6.07, 6.45) is 4.83. The maximum atomic E-state index is 5.77. The monoisotopic (exact) mass is 290 g/mol. The summed E-state index contributed by atoms with van der Waals surface area (Å²) < 4.78 is 11.4. The van der Waals surface area contributed by atoms with Gasteiger partial charge in [0.25, 0.3) is 0 Å². The minimum Gasteiger partial charge on any atom is -0.380 e. The molecule has 0 aromatic rings.